The van der Waals surface area contributed by atoms with E-state index in [1.54, 1.807) is 4.90 Å². The van der Waals surface area contributed by atoms with Crippen molar-refractivity contribution < 1.29 is 19.2 Å². The molecule has 0 bridgehead atoms. The van der Waals surface area contributed by atoms with E-state index < -0.39 is 6.04 Å². The maximum atomic E-state index is 14.2. The van der Waals surface area contributed by atoms with Gasteiger partial charge in [0.05, 0.1) is 42.1 Å². The van der Waals surface area contributed by atoms with Crippen molar-refractivity contribution in [3.8, 4) is 33.5 Å². The first-order valence-electron chi connectivity index (χ1n) is 28.1. The molecular weight excluding hydrogens is 933 g/mol. The maximum absolute atomic E-state index is 14.2. The van der Waals surface area contributed by atoms with Crippen molar-refractivity contribution in [3.63, 3.8) is 0 Å². The normalized spacial score (nSPS) is 16.3. The lowest BCUT2D eigenvalue weighted by molar-refractivity contribution is -0.135. The molecule has 3 atom stereocenters. The van der Waals surface area contributed by atoms with E-state index in [9.17, 15) is 19.2 Å². The average molecular weight is 1020 g/mol. The summed E-state index contributed by atoms with van der Waals surface area (Å²) in [5.74, 6) is 2.80. The molecule has 2 aromatic heterocycles. The van der Waals surface area contributed by atoms with Gasteiger partial charge >= 0.3 is 0 Å². The molecule has 12 nitrogen and oxygen atoms in total. The molecule has 4 aromatic carbocycles. The number of ketones is 1. The number of H-pyrrole nitrogens is 2. The lowest BCUT2D eigenvalue weighted by atomic mass is 9.78. The summed E-state index contributed by atoms with van der Waals surface area (Å²) >= 11 is 0. The lowest BCUT2D eigenvalue weighted by Gasteiger charge is -2.30. The predicted octanol–water partition coefficient (Wildman–Crippen LogP) is 13.3. The van der Waals surface area contributed by atoms with Crippen LogP contribution in [-0.2, 0) is 32.1 Å². The summed E-state index contributed by atoms with van der Waals surface area (Å²) < 4.78 is 0. The number of likely N-dealkylation sites (tertiary alicyclic amines) is 1. The van der Waals surface area contributed by atoms with Crippen LogP contribution in [0.2, 0.25) is 0 Å². The second kappa shape index (κ2) is 28.5. The number of aromatic amines is 2. The van der Waals surface area contributed by atoms with Crippen LogP contribution in [-0.4, -0.2) is 79.9 Å². The van der Waals surface area contributed by atoms with Crippen LogP contribution in [0.15, 0.2) is 91.1 Å². The predicted molar refractivity (Wildman–Crippen MR) is 306 cm³/mol. The monoisotopic (exact) mass is 1020 g/mol. The first-order chi connectivity index (χ1) is 36.3. The number of rotatable bonds is 18. The molecule has 75 heavy (non-hydrogen) atoms. The maximum Gasteiger partial charge on any atom is 0.244 e. The topological polar surface area (TPSA) is 156 Å². The van der Waals surface area contributed by atoms with Crippen molar-refractivity contribution in [2.24, 2.45) is 17.8 Å². The van der Waals surface area contributed by atoms with E-state index in [1.165, 1.54) is 80.2 Å². The highest BCUT2D eigenvalue weighted by atomic mass is 16.2. The SMILES string of the molecule is CC(C)=O.CCC.CCCC.CCCN(Cc1ncc(-c2ccc(-c3ccc(-c4ccc5nc(C6[C@@H](CC)CCN6C(=O)C(NC)c6ccccc6)[nH]c5c4)cc3CC3CCC3)c(C)c2)[nH]1)C(=O)CNC(=O)C1CC1. The van der Waals surface area contributed by atoms with Crippen LogP contribution in [0.1, 0.15) is 166 Å². The second-order valence-electron chi connectivity index (χ2n) is 21.0. The highest BCUT2D eigenvalue weighted by molar-refractivity contribution is 5.88. The number of likely N-dealkylation sites (N-methyl/N-ethyl adjacent to an activating group) is 1. The van der Waals surface area contributed by atoms with Crippen LogP contribution in [0, 0.1) is 24.7 Å². The van der Waals surface area contributed by atoms with Gasteiger partial charge in [-0.15, -0.1) is 0 Å². The molecule has 12 heteroatoms. The number of nitrogens with zero attached hydrogens (tertiary/aromatic N) is 4. The Morgan fingerprint density at radius 1 is 0.787 bits per heavy atom. The van der Waals surface area contributed by atoms with Crippen LogP contribution < -0.4 is 10.6 Å². The molecule has 4 N–H and O–H groups in total. The first kappa shape index (κ1) is 57.9. The molecule has 1 saturated heterocycles. The number of carbonyl (C=O) groups is 4. The summed E-state index contributed by atoms with van der Waals surface area (Å²) in [7, 11) is 1.86. The molecule has 3 amide bonds. The molecule has 3 aliphatic rings. The molecule has 2 unspecified atom stereocenters. The Kier molecular flexibility index (Phi) is 22.0. The molecule has 2 saturated carbocycles. The largest absolute Gasteiger partial charge is 0.347 e. The Morgan fingerprint density at radius 2 is 1.45 bits per heavy atom. The van der Waals surface area contributed by atoms with Gasteiger partial charge in [-0.25, -0.2) is 9.97 Å². The number of unbranched alkanes of at least 4 members (excludes halogenated alkanes) is 1. The number of aryl methyl sites for hydroxylation is 1. The van der Waals surface area contributed by atoms with Crippen molar-refractivity contribution in [2.45, 2.75) is 158 Å². The van der Waals surface area contributed by atoms with E-state index in [2.05, 4.69) is 122 Å². The van der Waals surface area contributed by atoms with Gasteiger partial charge in [0.2, 0.25) is 17.7 Å². The van der Waals surface area contributed by atoms with E-state index >= 15 is 0 Å². The molecule has 3 fully saturated rings. The van der Waals surface area contributed by atoms with Gasteiger partial charge in [0.1, 0.15) is 23.5 Å². The molecule has 0 radical (unpaired) electrons. The van der Waals surface area contributed by atoms with Gasteiger partial charge in [-0.3, -0.25) is 14.4 Å². The molecule has 3 heterocycles. The zero-order chi connectivity index (χ0) is 54.0. The highest BCUT2D eigenvalue weighted by Crippen LogP contribution is 2.42. The molecule has 0 spiro atoms. The number of aromatic nitrogens is 4. The fourth-order valence-corrected chi connectivity index (χ4v) is 9.94. The van der Waals surface area contributed by atoms with Crippen LogP contribution in [0.5, 0.6) is 0 Å². The van der Waals surface area contributed by atoms with Crippen LogP contribution in [0.25, 0.3) is 44.5 Å². The minimum Gasteiger partial charge on any atom is -0.347 e. The van der Waals surface area contributed by atoms with Gasteiger partial charge in [-0.05, 0) is 134 Å². The smallest absolute Gasteiger partial charge is 0.244 e. The van der Waals surface area contributed by atoms with Crippen LogP contribution in [0.4, 0.5) is 0 Å². The Morgan fingerprint density at radius 3 is 2.07 bits per heavy atom. The summed E-state index contributed by atoms with van der Waals surface area (Å²) in [6.45, 7) is 19.8. The van der Waals surface area contributed by atoms with E-state index in [-0.39, 0.29) is 42.0 Å². The zero-order valence-electron chi connectivity index (χ0n) is 46.8. The number of benzene rings is 4. The summed E-state index contributed by atoms with van der Waals surface area (Å²) in [4.78, 5) is 69.6. The molecular formula is C63H86N8O4. The minimum absolute atomic E-state index is 0.0185. The molecule has 1 aliphatic heterocycles. The zero-order valence-corrected chi connectivity index (χ0v) is 46.8. The Bertz CT molecular complexity index is 2780. The van der Waals surface area contributed by atoms with Crippen LogP contribution in [0.3, 0.4) is 0 Å². The number of amides is 3. The van der Waals surface area contributed by atoms with Gasteiger partial charge in [-0.2, -0.15) is 0 Å². The number of carbonyl (C=O) groups excluding carboxylic acids is 4. The van der Waals surface area contributed by atoms with Crippen LogP contribution >= 0.6 is 0 Å². The number of nitrogens with one attached hydrogen (secondary N) is 4. The summed E-state index contributed by atoms with van der Waals surface area (Å²) in [5, 5.41) is 6.09. The summed E-state index contributed by atoms with van der Waals surface area (Å²) in [6.07, 6.45) is 15.2. The fourth-order valence-electron chi connectivity index (χ4n) is 9.94. The Balaban J connectivity index is 0.000000761. The van der Waals surface area contributed by atoms with Crippen molar-refractivity contribution >= 4 is 34.5 Å². The van der Waals surface area contributed by atoms with Gasteiger partial charge in [0, 0.05) is 19.0 Å². The van der Waals surface area contributed by atoms with E-state index in [4.69, 9.17) is 4.98 Å². The van der Waals surface area contributed by atoms with Gasteiger partial charge in [0.25, 0.3) is 0 Å². The van der Waals surface area contributed by atoms with Crippen molar-refractivity contribution in [3.05, 3.63) is 119 Å². The summed E-state index contributed by atoms with van der Waals surface area (Å²) in [5.41, 5.74) is 12.2. The number of hydrogen-bond acceptors (Lipinski definition) is 7. The van der Waals surface area contributed by atoms with Gasteiger partial charge in [0.15, 0.2) is 0 Å². The van der Waals surface area contributed by atoms with Crippen molar-refractivity contribution in [2.75, 3.05) is 26.7 Å². The third-order valence-electron chi connectivity index (χ3n) is 14.5. The fraction of sp³-hybridized carbons (Fsp3) is 0.492. The Hall–Kier alpha value is -6.40. The molecule has 402 valence electrons. The van der Waals surface area contributed by atoms with Gasteiger partial charge < -0.3 is 35.2 Å². The Labute approximate surface area is 447 Å². The average Bonchev–Trinajstić information content (AvgIpc) is 3.76. The van der Waals surface area contributed by atoms with E-state index in [0.717, 1.165) is 83.6 Å². The molecule has 2 aliphatic carbocycles. The van der Waals surface area contributed by atoms with Crippen molar-refractivity contribution in [1.29, 1.82) is 0 Å². The number of hydrogen-bond donors (Lipinski definition) is 4. The number of fused-ring (bicyclic) bond motifs is 1. The van der Waals surface area contributed by atoms with Gasteiger partial charge in [-0.1, -0.05) is 153 Å². The van der Waals surface area contributed by atoms with Crippen molar-refractivity contribution in [1.82, 2.24) is 40.4 Å². The third kappa shape index (κ3) is 15.6. The first-order valence-corrected chi connectivity index (χ1v) is 28.1. The van der Waals surface area contributed by atoms with E-state index in [0.29, 0.717) is 31.5 Å². The number of imidazole rings is 2. The third-order valence-corrected chi connectivity index (χ3v) is 14.5. The molecule has 9 rings (SSSR count). The summed E-state index contributed by atoms with van der Waals surface area (Å²) in [6, 6.07) is 29.5. The minimum atomic E-state index is -0.412. The highest BCUT2D eigenvalue weighted by Gasteiger charge is 2.41. The lowest BCUT2D eigenvalue weighted by Crippen LogP contribution is -2.40. The van der Waals surface area contributed by atoms with E-state index in [1.807, 2.05) is 55.4 Å². The quantitative estimate of drug-likeness (QED) is 0.0668. The molecule has 6 aromatic rings. The second-order valence-corrected chi connectivity index (χ2v) is 21.0. The number of Topliss-reactive ketones (excluding diaryl/α,β-unsaturated/α-hetero) is 1. The standard InChI is InChI=1S/C53H62N8O3.C4H10.C3H6O.C3H8/c1-5-24-60(48(62)31-56-52(63)37-15-16-37)32-47-55-30-46(57-47)40-18-20-42(33(3)26-40)43-21-17-38(28-41(43)27-34-11-10-12-34)39-19-22-44-45(29-39)59-51(58-44)50-35(6-2)23-25-61(50)53(64)49(54-4)36-13-8-7-9-14-36;1-3-4-2;1-3(2)4;1-3-2/h7-9,13-14,17-22,26,28-30,34-35,37,49-50,54H,5-6,10-12,15-16,23-25,27,31-32H2,1-4H3,(H,55,57)(H,56,63)(H,58,59);3-4H2,1-2H3;1-2H3;3H2,1-2H3/t35-,49?,50?;;;/m0.../s1.